The molecule has 0 bridgehead atoms. The fourth-order valence-corrected chi connectivity index (χ4v) is 2.85. The van der Waals surface area contributed by atoms with Crippen LogP contribution >= 0.6 is 0 Å². The number of amides is 1. The number of hydrogen-bond acceptors (Lipinski definition) is 6. The Bertz CT molecular complexity index is 1000. The number of nitrogens with zero attached hydrogens (tertiary/aromatic N) is 1. The molecule has 0 aliphatic rings. The highest BCUT2D eigenvalue weighted by Gasteiger charge is 2.12. The first-order valence-electron chi connectivity index (χ1n) is 8.98. The van der Waals surface area contributed by atoms with E-state index in [4.69, 9.17) is 18.9 Å². The Hall–Kier alpha value is -3.68. The molecule has 0 radical (unpaired) electrons. The zero-order valence-electron chi connectivity index (χ0n) is 16.7. The van der Waals surface area contributed by atoms with Crippen LogP contribution in [0, 0.1) is 0 Å². The van der Waals surface area contributed by atoms with E-state index in [1.807, 2.05) is 13.0 Å². The van der Waals surface area contributed by atoms with E-state index in [-0.39, 0.29) is 5.91 Å². The number of methoxy groups -OCH3 is 3. The summed E-state index contributed by atoms with van der Waals surface area (Å²) in [5.41, 5.74) is 4.40. The second kappa shape index (κ2) is 9.01. The largest absolute Gasteiger partial charge is 0.493 e. The molecule has 3 aromatic rings. The lowest BCUT2D eigenvalue weighted by Gasteiger charge is -2.09. The van der Waals surface area contributed by atoms with E-state index in [2.05, 4.69) is 15.5 Å². The van der Waals surface area contributed by atoms with Gasteiger partial charge in [0.1, 0.15) is 5.69 Å². The first kappa shape index (κ1) is 20.1. The van der Waals surface area contributed by atoms with Crippen LogP contribution in [0.3, 0.4) is 0 Å². The standard InChI is InChI=1S/C21H23N3O5/c1-5-29-17-7-6-13(8-18(17)26-2)12-22-24-21(25)16-9-14-10-19(27-3)20(28-4)11-15(14)23-16/h6-12,23H,5H2,1-4H3,(H,24,25)/b22-12-. The van der Waals surface area contributed by atoms with Gasteiger partial charge in [-0.3, -0.25) is 4.79 Å². The number of fused-ring (bicyclic) bond motifs is 1. The Morgan fingerprint density at radius 2 is 1.69 bits per heavy atom. The summed E-state index contributed by atoms with van der Waals surface area (Å²) in [6, 6.07) is 10.7. The Morgan fingerprint density at radius 3 is 2.38 bits per heavy atom. The summed E-state index contributed by atoms with van der Waals surface area (Å²) < 4.78 is 21.4. The molecule has 0 spiro atoms. The van der Waals surface area contributed by atoms with Crippen LogP contribution in [0.2, 0.25) is 0 Å². The van der Waals surface area contributed by atoms with Crippen LogP contribution in [0.25, 0.3) is 10.9 Å². The molecule has 0 fully saturated rings. The predicted molar refractivity (Wildman–Crippen MR) is 111 cm³/mol. The van der Waals surface area contributed by atoms with Crippen molar-refractivity contribution in [2.45, 2.75) is 6.92 Å². The van der Waals surface area contributed by atoms with Crippen molar-refractivity contribution in [3.63, 3.8) is 0 Å². The number of aromatic nitrogens is 1. The highest BCUT2D eigenvalue weighted by Crippen LogP contribution is 2.32. The van der Waals surface area contributed by atoms with Gasteiger partial charge in [-0.1, -0.05) is 0 Å². The SMILES string of the molecule is CCOc1ccc(/C=N\NC(=O)c2cc3cc(OC)c(OC)cc3[nH]2)cc1OC. The Labute approximate surface area is 168 Å². The summed E-state index contributed by atoms with van der Waals surface area (Å²) in [5.74, 6) is 2.05. The average Bonchev–Trinajstić information content (AvgIpc) is 3.16. The normalized spacial score (nSPS) is 10.9. The molecular formula is C21H23N3O5. The number of carbonyl (C=O) groups is 1. The molecule has 0 aliphatic heterocycles. The Balaban J connectivity index is 1.73. The van der Waals surface area contributed by atoms with E-state index in [0.717, 1.165) is 16.5 Å². The fourth-order valence-electron chi connectivity index (χ4n) is 2.85. The first-order chi connectivity index (χ1) is 14.1. The third-order valence-corrected chi connectivity index (χ3v) is 4.24. The second-order valence-corrected chi connectivity index (χ2v) is 6.02. The fraction of sp³-hybridized carbons (Fsp3) is 0.238. The molecule has 29 heavy (non-hydrogen) atoms. The summed E-state index contributed by atoms with van der Waals surface area (Å²) in [5, 5.41) is 4.84. The Morgan fingerprint density at radius 1 is 1.00 bits per heavy atom. The number of ether oxygens (including phenoxy) is 4. The van der Waals surface area contributed by atoms with Crippen LogP contribution in [-0.4, -0.2) is 45.0 Å². The van der Waals surface area contributed by atoms with E-state index in [0.29, 0.717) is 35.3 Å². The van der Waals surface area contributed by atoms with Crippen molar-refractivity contribution in [3.8, 4) is 23.0 Å². The highest BCUT2D eigenvalue weighted by atomic mass is 16.5. The number of nitrogens with one attached hydrogen (secondary N) is 2. The molecule has 1 aromatic heterocycles. The maximum atomic E-state index is 12.4. The number of aromatic amines is 1. The topological polar surface area (TPSA) is 94.2 Å². The molecule has 0 saturated heterocycles. The molecular weight excluding hydrogens is 374 g/mol. The van der Waals surface area contributed by atoms with Crippen LogP contribution in [-0.2, 0) is 0 Å². The number of carbonyl (C=O) groups excluding carboxylic acids is 1. The van der Waals surface area contributed by atoms with E-state index in [1.165, 1.54) is 6.21 Å². The molecule has 0 aliphatic carbocycles. The monoisotopic (exact) mass is 397 g/mol. The zero-order chi connectivity index (χ0) is 20.8. The van der Waals surface area contributed by atoms with Crippen molar-refractivity contribution in [2.24, 2.45) is 5.10 Å². The van der Waals surface area contributed by atoms with Gasteiger partial charge >= 0.3 is 0 Å². The predicted octanol–water partition coefficient (Wildman–Crippen LogP) is 3.36. The molecule has 3 rings (SSSR count). The van der Waals surface area contributed by atoms with E-state index < -0.39 is 0 Å². The summed E-state index contributed by atoms with van der Waals surface area (Å²) in [6.07, 6.45) is 1.53. The van der Waals surface area contributed by atoms with E-state index in [1.54, 1.807) is 51.7 Å². The smallest absolute Gasteiger partial charge is 0.287 e. The quantitative estimate of drug-likeness (QED) is 0.449. The van der Waals surface area contributed by atoms with Gasteiger partial charge in [0.15, 0.2) is 23.0 Å². The van der Waals surface area contributed by atoms with Crippen LogP contribution in [0.15, 0.2) is 41.5 Å². The third-order valence-electron chi connectivity index (χ3n) is 4.24. The summed E-state index contributed by atoms with van der Waals surface area (Å²) in [6.45, 7) is 2.45. The Kier molecular flexibility index (Phi) is 6.23. The van der Waals surface area contributed by atoms with Gasteiger partial charge in [-0.2, -0.15) is 5.10 Å². The maximum Gasteiger partial charge on any atom is 0.287 e. The molecule has 8 heteroatoms. The molecule has 1 amide bonds. The van der Waals surface area contributed by atoms with Gasteiger partial charge in [-0.25, -0.2) is 5.43 Å². The molecule has 0 unspecified atom stereocenters. The van der Waals surface area contributed by atoms with Gasteiger partial charge in [0.25, 0.3) is 5.91 Å². The van der Waals surface area contributed by atoms with Crippen molar-refractivity contribution in [1.82, 2.24) is 10.4 Å². The minimum atomic E-state index is -0.367. The van der Waals surface area contributed by atoms with Gasteiger partial charge in [0.2, 0.25) is 0 Å². The summed E-state index contributed by atoms with van der Waals surface area (Å²) >= 11 is 0. The first-order valence-corrected chi connectivity index (χ1v) is 8.98. The summed E-state index contributed by atoms with van der Waals surface area (Å²) in [4.78, 5) is 15.5. The lowest BCUT2D eigenvalue weighted by molar-refractivity contribution is 0.0951. The van der Waals surface area contributed by atoms with Crippen LogP contribution in [0.5, 0.6) is 23.0 Å². The molecule has 1 heterocycles. The minimum Gasteiger partial charge on any atom is -0.493 e. The van der Waals surface area contributed by atoms with Crippen molar-refractivity contribution in [1.29, 1.82) is 0 Å². The molecule has 2 N–H and O–H groups in total. The third kappa shape index (κ3) is 4.43. The van der Waals surface area contributed by atoms with Crippen LogP contribution in [0.1, 0.15) is 23.0 Å². The van der Waals surface area contributed by atoms with Crippen molar-refractivity contribution < 1.29 is 23.7 Å². The average molecular weight is 397 g/mol. The molecule has 0 atom stereocenters. The zero-order valence-corrected chi connectivity index (χ0v) is 16.7. The van der Waals surface area contributed by atoms with Crippen molar-refractivity contribution in [3.05, 3.63) is 47.7 Å². The number of benzene rings is 2. The van der Waals surface area contributed by atoms with Crippen LogP contribution < -0.4 is 24.4 Å². The van der Waals surface area contributed by atoms with Gasteiger partial charge in [0.05, 0.1) is 34.2 Å². The lowest BCUT2D eigenvalue weighted by atomic mass is 10.2. The maximum absolute atomic E-state index is 12.4. The molecule has 8 nitrogen and oxygen atoms in total. The van der Waals surface area contributed by atoms with Gasteiger partial charge < -0.3 is 23.9 Å². The highest BCUT2D eigenvalue weighted by molar-refractivity contribution is 5.99. The molecule has 152 valence electrons. The number of hydrazone groups is 1. The van der Waals surface area contributed by atoms with Crippen molar-refractivity contribution >= 4 is 23.0 Å². The van der Waals surface area contributed by atoms with E-state index in [9.17, 15) is 4.79 Å². The number of hydrogen-bond donors (Lipinski definition) is 2. The van der Waals surface area contributed by atoms with Gasteiger partial charge in [0, 0.05) is 17.0 Å². The van der Waals surface area contributed by atoms with Crippen LogP contribution in [0.4, 0.5) is 0 Å². The molecule has 2 aromatic carbocycles. The van der Waals surface area contributed by atoms with Gasteiger partial charge in [-0.05, 0) is 42.8 Å². The second-order valence-electron chi connectivity index (χ2n) is 6.02. The lowest BCUT2D eigenvalue weighted by Crippen LogP contribution is -2.17. The van der Waals surface area contributed by atoms with Gasteiger partial charge in [-0.15, -0.1) is 0 Å². The minimum absolute atomic E-state index is 0.367. The summed E-state index contributed by atoms with van der Waals surface area (Å²) in [7, 11) is 4.69. The number of rotatable bonds is 8. The number of H-pyrrole nitrogens is 1. The van der Waals surface area contributed by atoms with Crippen molar-refractivity contribution in [2.75, 3.05) is 27.9 Å². The van der Waals surface area contributed by atoms with E-state index >= 15 is 0 Å². The molecule has 0 saturated carbocycles.